The molecule has 0 atom stereocenters. The van der Waals surface area contributed by atoms with Gasteiger partial charge < -0.3 is 5.11 Å². The summed E-state index contributed by atoms with van der Waals surface area (Å²) >= 11 is 0. The lowest BCUT2D eigenvalue weighted by atomic mass is 10.1. The first-order chi connectivity index (χ1) is 12.7. The predicted molar refractivity (Wildman–Crippen MR) is 105 cm³/mol. The molecule has 4 nitrogen and oxygen atoms in total. The van der Waals surface area contributed by atoms with Gasteiger partial charge in [-0.1, -0.05) is 60.7 Å². The van der Waals surface area contributed by atoms with E-state index >= 15 is 0 Å². The average molecular weight is 340 g/mol. The Bertz CT molecular complexity index is 1150. The zero-order chi connectivity index (χ0) is 17.9. The lowest BCUT2D eigenvalue weighted by Crippen LogP contribution is -2.17. The van der Waals surface area contributed by atoms with E-state index < -0.39 is 5.91 Å². The molecule has 0 saturated carbocycles. The van der Waals surface area contributed by atoms with Crippen molar-refractivity contribution in [1.29, 1.82) is 0 Å². The molecule has 4 heteroatoms. The van der Waals surface area contributed by atoms with Crippen molar-refractivity contribution >= 4 is 33.7 Å². The van der Waals surface area contributed by atoms with E-state index in [4.69, 9.17) is 0 Å². The number of hydrogen-bond donors (Lipinski definition) is 2. The first kappa shape index (κ1) is 15.8. The quantitative estimate of drug-likeness (QED) is 0.427. The van der Waals surface area contributed by atoms with Crippen LogP contribution in [0, 0.1) is 0 Å². The SMILES string of the molecule is O=C(N/N=C/c1ccc2ccccc2c1)c1cc2ccccc2cc1O. The molecule has 2 N–H and O–H groups in total. The number of fused-ring (bicyclic) bond motifs is 2. The number of hydrazone groups is 1. The fourth-order valence-corrected chi connectivity index (χ4v) is 2.92. The first-order valence-electron chi connectivity index (χ1n) is 8.25. The van der Waals surface area contributed by atoms with Gasteiger partial charge in [-0.15, -0.1) is 0 Å². The van der Waals surface area contributed by atoms with Gasteiger partial charge >= 0.3 is 0 Å². The fraction of sp³-hybridized carbons (Fsp3) is 0. The lowest BCUT2D eigenvalue weighted by molar-refractivity contribution is 0.0952. The van der Waals surface area contributed by atoms with Crippen LogP contribution in [-0.2, 0) is 0 Å². The Hall–Kier alpha value is -3.66. The molecule has 0 spiro atoms. The maximum atomic E-state index is 12.3. The minimum Gasteiger partial charge on any atom is -0.507 e. The summed E-state index contributed by atoms with van der Waals surface area (Å²) in [6.45, 7) is 0. The Morgan fingerprint density at radius 1 is 0.808 bits per heavy atom. The van der Waals surface area contributed by atoms with Crippen molar-refractivity contribution in [2.75, 3.05) is 0 Å². The second kappa shape index (κ2) is 6.69. The number of carbonyl (C=O) groups excluding carboxylic acids is 1. The monoisotopic (exact) mass is 340 g/mol. The highest BCUT2D eigenvalue weighted by atomic mass is 16.3. The maximum absolute atomic E-state index is 12.3. The molecule has 0 heterocycles. The van der Waals surface area contributed by atoms with E-state index in [9.17, 15) is 9.90 Å². The van der Waals surface area contributed by atoms with Crippen molar-refractivity contribution in [2.45, 2.75) is 0 Å². The highest BCUT2D eigenvalue weighted by molar-refractivity contribution is 6.02. The molecule has 0 unspecified atom stereocenters. The molecule has 0 saturated heterocycles. The van der Waals surface area contributed by atoms with E-state index in [2.05, 4.69) is 10.5 Å². The maximum Gasteiger partial charge on any atom is 0.275 e. The molecule has 1 amide bonds. The average Bonchev–Trinajstić information content (AvgIpc) is 2.67. The predicted octanol–water partition coefficient (Wildman–Crippen LogP) is 4.46. The Morgan fingerprint density at radius 3 is 2.15 bits per heavy atom. The van der Waals surface area contributed by atoms with Crippen LogP contribution in [0.4, 0.5) is 0 Å². The molecule has 4 aromatic carbocycles. The van der Waals surface area contributed by atoms with Gasteiger partial charge in [-0.2, -0.15) is 5.10 Å². The molecule has 126 valence electrons. The third-order valence-electron chi connectivity index (χ3n) is 4.26. The molecule has 0 aliphatic rings. The number of nitrogens with zero attached hydrogens (tertiary/aromatic N) is 1. The number of phenols is 1. The summed E-state index contributed by atoms with van der Waals surface area (Å²) in [5.41, 5.74) is 3.55. The van der Waals surface area contributed by atoms with Crippen molar-refractivity contribution in [3.63, 3.8) is 0 Å². The van der Waals surface area contributed by atoms with Crippen molar-refractivity contribution in [2.24, 2.45) is 5.10 Å². The van der Waals surface area contributed by atoms with Crippen LogP contribution in [0.3, 0.4) is 0 Å². The summed E-state index contributed by atoms with van der Waals surface area (Å²) in [7, 11) is 0. The van der Waals surface area contributed by atoms with Crippen LogP contribution in [0.25, 0.3) is 21.5 Å². The van der Waals surface area contributed by atoms with Crippen LogP contribution < -0.4 is 5.43 Å². The zero-order valence-electron chi connectivity index (χ0n) is 13.9. The van der Waals surface area contributed by atoms with Gasteiger partial charge in [0.2, 0.25) is 0 Å². The second-order valence-corrected chi connectivity index (χ2v) is 6.02. The molecular weight excluding hydrogens is 324 g/mol. The van der Waals surface area contributed by atoms with Crippen LogP contribution in [0.5, 0.6) is 5.75 Å². The molecular formula is C22H16N2O2. The molecule has 0 aliphatic carbocycles. The van der Waals surface area contributed by atoms with Crippen molar-refractivity contribution in [1.82, 2.24) is 5.43 Å². The molecule has 4 rings (SSSR count). The molecule has 0 radical (unpaired) electrons. The van der Waals surface area contributed by atoms with E-state index in [1.807, 2.05) is 66.7 Å². The van der Waals surface area contributed by atoms with Gasteiger partial charge in [-0.3, -0.25) is 4.79 Å². The number of hydrogen-bond acceptors (Lipinski definition) is 3. The van der Waals surface area contributed by atoms with Crippen molar-refractivity contribution in [3.8, 4) is 5.75 Å². The summed E-state index contributed by atoms with van der Waals surface area (Å²) in [4.78, 5) is 12.3. The Balaban J connectivity index is 1.54. The zero-order valence-corrected chi connectivity index (χ0v) is 13.9. The number of benzene rings is 4. The lowest BCUT2D eigenvalue weighted by Gasteiger charge is -2.05. The number of rotatable bonds is 3. The Kier molecular flexibility index (Phi) is 4.07. The van der Waals surface area contributed by atoms with E-state index in [1.165, 1.54) is 0 Å². The molecule has 0 aromatic heterocycles. The van der Waals surface area contributed by atoms with Crippen LogP contribution in [0.2, 0.25) is 0 Å². The van der Waals surface area contributed by atoms with Gasteiger partial charge in [-0.05, 0) is 45.3 Å². The number of nitrogens with one attached hydrogen (secondary N) is 1. The molecule has 4 aromatic rings. The standard InChI is InChI=1S/C22H16N2O2/c25-21-13-19-8-4-3-7-18(19)12-20(21)22(26)24-23-14-15-9-10-16-5-1-2-6-17(16)11-15/h1-14,25H,(H,24,26)/b23-14+. The Morgan fingerprint density at radius 2 is 1.42 bits per heavy atom. The van der Waals surface area contributed by atoms with Gasteiger partial charge in [0.15, 0.2) is 0 Å². The summed E-state index contributed by atoms with van der Waals surface area (Å²) in [5, 5.41) is 18.1. The van der Waals surface area contributed by atoms with Gasteiger partial charge in [0.1, 0.15) is 5.75 Å². The minimum atomic E-state index is -0.453. The second-order valence-electron chi connectivity index (χ2n) is 6.02. The smallest absolute Gasteiger partial charge is 0.275 e. The third-order valence-corrected chi connectivity index (χ3v) is 4.26. The van der Waals surface area contributed by atoms with Gasteiger partial charge in [0.05, 0.1) is 11.8 Å². The van der Waals surface area contributed by atoms with E-state index in [1.54, 1.807) is 18.3 Å². The summed E-state index contributed by atoms with van der Waals surface area (Å²) < 4.78 is 0. The van der Waals surface area contributed by atoms with Crippen molar-refractivity contribution in [3.05, 3.63) is 90.0 Å². The van der Waals surface area contributed by atoms with Crippen LogP contribution >= 0.6 is 0 Å². The van der Waals surface area contributed by atoms with Crippen LogP contribution in [0.1, 0.15) is 15.9 Å². The van der Waals surface area contributed by atoms with Gasteiger partial charge in [0.25, 0.3) is 5.91 Å². The van der Waals surface area contributed by atoms with Crippen LogP contribution in [0.15, 0.2) is 84.0 Å². The summed E-state index contributed by atoms with van der Waals surface area (Å²) in [6.07, 6.45) is 1.59. The number of phenolic OH excluding ortho intramolecular Hbond substituents is 1. The molecule has 0 aliphatic heterocycles. The number of carbonyl (C=O) groups is 1. The highest BCUT2D eigenvalue weighted by Crippen LogP contribution is 2.24. The van der Waals surface area contributed by atoms with E-state index in [0.717, 1.165) is 27.1 Å². The van der Waals surface area contributed by atoms with Gasteiger partial charge in [0, 0.05) is 0 Å². The molecule has 0 bridgehead atoms. The molecule has 26 heavy (non-hydrogen) atoms. The first-order valence-corrected chi connectivity index (χ1v) is 8.25. The number of amides is 1. The van der Waals surface area contributed by atoms with E-state index in [0.29, 0.717) is 0 Å². The largest absolute Gasteiger partial charge is 0.507 e. The summed E-state index contributed by atoms with van der Waals surface area (Å²) in [6, 6.07) is 24.8. The number of aromatic hydroxyl groups is 1. The van der Waals surface area contributed by atoms with Gasteiger partial charge in [-0.25, -0.2) is 5.43 Å². The minimum absolute atomic E-state index is 0.0675. The van der Waals surface area contributed by atoms with Crippen molar-refractivity contribution < 1.29 is 9.90 Å². The Labute approximate surface area is 150 Å². The van der Waals surface area contributed by atoms with E-state index in [-0.39, 0.29) is 11.3 Å². The topological polar surface area (TPSA) is 61.7 Å². The normalized spacial score (nSPS) is 11.2. The highest BCUT2D eigenvalue weighted by Gasteiger charge is 2.11. The summed E-state index contributed by atoms with van der Waals surface area (Å²) in [5.74, 6) is -0.521. The third kappa shape index (κ3) is 3.13. The molecule has 0 fully saturated rings. The fourth-order valence-electron chi connectivity index (χ4n) is 2.92. The van der Waals surface area contributed by atoms with Crippen LogP contribution in [-0.4, -0.2) is 17.2 Å².